The molecule has 0 aliphatic carbocycles. The van der Waals surface area contributed by atoms with Crippen LogP contribution in [0.15, 0.2) is 85.2 Å². The molecule has 1 aromatic heterocycles. The standard InChI is InChI=1S/C25H25F4N3O2/c1-6-33-17(3)15-34-22-10-8-7-9-19(22)14-20-11-12-21(26)24(30-20)32-16(2)13-23(25(27,28)29)31(5)18(32)4/h7-13H,2-4,6,14-15H2,1,5H3. The van der Waals surface area contributed by atoms with Crippen molar-refractivity contribution < 1.29 is 27.0 Å². The summed E-state index contributed by atoms with van der Waals surface area (Å²) in [5, 5.41) is 0. The number of halogens is 4. The first-order valence-corrected chi connectivity index (χ1v) is 10.4. The Labute approximate surface area is 195 Å². The number of nitrogens with zero attached hydrogens (tertiary/aromatic N) is 3. The van der Waals surface area contributed by atoms with E-state index in [1.54, 1.807) is 6.07 Å². The Balaban J connectivity index is 1.89. The van der Waals surface area contributed by atoms with E-state index in [9.17, 15) is 17.6 Å². The molecule has 0 atom stereocenters. The lowest BCUT2D eigenvalue weighted by Crippen LogP contribution is -2.40. The summed E-state index contributed by atoms with van der Waals surface area (Å²) in [6.07, 6.45) is -3.49. The smallest absolute Gasteiger partial charge is 0.431 e. The highest BCUT2D eigenvalue weighted by Gasteiger charge is 2.41. The summed E-state index contributed by atoms with van der Waals surface area (Å²) in [6.45, 7) is 13.6. The van der Waals surface area contributed by atoms with Crippen LogP contribution in [-0.2, 0) is 11.2 Å². The van der Waals surface area contributed by atoms with Crippen LogP contribution < -0.4 is 9.64 Å². The molecule has 180 valence electrons. The zero-order valence-corrected chi connectivity index (χ0v) is 19.0. The van der Waals surface area contributed by atoms with Crippen molar-refractivity contribution in [2.45, 2.75) is 19.5 Å². The SMILES string of the molecule is C=C(COc1ccccc1Cc1ccc(F)c(N2C(=C)C=C(C(F)(F)F)N(C)C2=C)n1)OCC. The maximum atomic E-state index is 14.8. The highest BCUT2D eigenvalue weighted by molar-refractivity contribution is 5.59. The number of benzene rings is 1. The van der Waals surface area contributed by atoms with Crippen molar-refractivity contribution in [1.82, 2.24) is 9.88 Å². The molecule has 3 rings (SSSR count). The molecule has 1 aliphatic rings. The van der Waals surface area contributed by atoms with Gasteiger partial charge in [0.1, 0.15) is 29.6 Å². The Morgan fingerprint density at radius 1 is 1.12 bits per heavy atom. The second-order valence-electron chi connectivity index (χ2n) is 7.48. The Morgan fingerprint density at radius 3 is 2.50 bits per heavy atom. The van der Waals surface area contributed by atoms with E-state index in [-0.39, 0.29) is 30.4 Å². The summed E-state index contributed by atoms with van der Waals surface area (Å²) >= 11 is 0. The number of rotatable bonds is 8. The molecule has 0 saturated heterocycles. The van der Waals surface area contributed by atoms with Gasteiger partial charge >= 0.3 is 6.18 Å². The van der Waals surface area contributed by atoms with E-state index < -0.39 is 17.7 Å². The third-order valence-electron chi connectivity index (χ3n) is 5.07. The first kappa shape index (κ1) is 24.9. The molecule has 0 unspecified atom stereocenters. The van der Waals surface area contributed by atoms with Gasteiger partial charge in [0.25, 0.3) is 0 Å². The third kappa shape index (κ3) is 5.41. The van der Waals surface area contributed by atoms with Gasteiger partial charge in [0.05, 0.1) is 6.61 Å². The molecule has 1 aromatic carbocycles. The predicted molar refractivity (Wildman–Crippen MR) is 122 cm³/mol. The van der Waals surface area contributed by atoms with E-state index >= 15 is 0 Å². The highest BCUT2D eigenvalue weighted by atomic mass is 19.4. The van der Waals surface area contributed by atoms with Crippen molar-refractivity contribution in [3.8, 4) is 5.75 Å². The van der Waals surface area contributed by atoms with Gasteiger partial charge in [-0.3, -0.25) is 4.90 Å². The maximum absolute atomic E-state index is 14.8. The lowest BCUT2D eigenvalue weighted by molar-refractivity contribution is -0.107. The summed E-state index contributed by atoms with van der Waals surface area (Å²) in [5.41, 5.74) is 0.210. The molecule has 9 heteroatoms. The van der Waals surface area contributed by atoms with E-state index in [4.69, 9.17) is 9.47 Å². The highest BCUT2D eigenvalue weighted by Crippen LogP contribution is 2.38. The summed E-state index contributed by atoms with van der Waals surface area (Å²) in [4.78, 5) is 6.36. The number of anilines is 1. The fraction of sp³-hybridized carbons (Fsp3) is 0.240. The number of allylic oxidation sites excluding steroid dienone is 2. The molecule has 0 radical (unpaired) electrons. The molecular formula is C25H25F4N3O2. The van der Waals surface area contributed by atoms with Gasteiger partial charge in [-0.15, -0.1) is 0 Å². The lowest BCUT2D eigenvalue weighted by Gasteiger charge is -2.38. The van der Waals surface area contributed by atoms with Gasteiger partial charge in [-0.1, -0.05) is 37.9 Å². The average Bonchev–Trinajstić information content (AvgIpc) is 2.77. The Kier molecular flexibility index (Phi) is 7.34. The number of para-hydroxylation sites is 1. The van der Waals surface area contributed by atoms with Crippen molar-refractivity contribution in [2.75, 3.05) is 25.2 Å². The number of alkyl halides is 3. The third-order valence-corrected chi connectivity index (χ3v) is 5.07. The fourth-order valence-electron chi connectivity index (χ4n) is 3.42. The van der Waals surface area contributed by atoms with Crippen molar-refractivity contribution in [1.29, 1.82) is 0 Å². The van der Waals surface area contributed by atoms with Crippen molar-refractivity contribution >= 4 is 5.82 Å². The molecule has 0 amide bonds. The van der Waals surface area contributed by atoms with Crippen molar-refractivity contribution in [2.24, 2.45) is 0 Å². The van der Waals surface area contributed by atoms with E-state index in [1.165, 1.54) is 19.2 Å². The number of pyridine rings is 1. The van der Waals surface area contributed by atoms with Crippen LogP contribution in [0.25, 0.3) is 0 Å². The van der Waals surface area contributed by atoms with Gasteiger partial charge in [0, 0.05) is 30.4 Å². The number of hydrogen-bond acceptors (Lipinski definition) is 5. The average molecular weight is 475 g/mol. The van der Waals surface area contributed by atoms with Crippen LogP contribution in [0.5, 0.6) is 5.75 Å². The van der Waals surface area contributed by atoms with Gasteiger partial charge in [-0.2, -0.15) is 13.2 Å². The van der Waals surface area contributed by atoms with Crippen LogP contribution in [-0.4, -0.2) is 36.3 Å². The van der Waals surface area contributed by atoms with Crippen LogP contribution in [0.1, 0.15) is 18.2 Å². The number of aromatic nitrogens is 1. The van der Waals surface area contributed by atoms with Crippen LogP contribution in [0.2, 0.25) is 0 Å². The molecule has 34 heavy (non-hydrogen) atoms. The summed E-state index contributed by atoms with van der Waals surface area (Å²) in [7, 11) is 1.20. The molecule has 0 spiro atoms. The molecular weight excluding hydrogens is 450 g/mol. The second-order valence-corrected chi connectivity index (χ2v) is 7.48. The summed E-state index contributed by atoms with van der Waals surface area (Å²) in [5.74, 6) is 0.0275. The van der Waals surface area contributed by atoms with Gasteiger partial charge in [0.2, 0.25) is 0 Å². The molecule has 0 bridgehead atoms. The van der Waals surface area contributed by atoms with E-state index in [1.807, 2.05) is 25.1 Å². The van der Waals surface area contributed by atoms with E-state index in [2.05, 4.69) is 24.7 Å². The molecule has 2 aromatic rings. The topological polar surface area (TPSA) is 37.8 Å². The largest absolute Gasteiger partial charge is 0.495 e. The zero-order valence-electron chi connectivity index (χ0n) is 19.0. The van der Waals surface area contributed by atoms with Crippen LogP contribution in [0.3, 0.4) is 0 Å². The molecule has 2 heterocycles. The maximum Gasteiger partial charge on any atom is 0.431 e. The van der Waals surface area contributed by atoms with E-state index in [0.29, 0.717) is 23.8 Å². The minimum absolute atomic E-state index is 0.0999. The zero-order chi connectivity index (χ0) is 25.0. The number of hydrogen-bond donors (Lipinski definition) is 0. The van der Waals surface area contributed by atoms with E-state index in [0.717, 1.165) is 21.4 Å². The first-order chi connectivity index (χ1) is 16.0. The molecule has 0 saturated carbocycles. The molecule has 0 N–H and O–H groups in total. The second kappa shape index (κ2) is 10.0. The van der Waals surface area contributed by atoms with Crippen molar-refractivity contribution in [3.05, 3.63) is 102 Å². The van der Waals surface area contributed by atoms with Gasteiger partial charge in [0.15, 0.2) is 11.6 Å². The molecule has 5 nitrogen and oxygen atoms in total. The minimum Gasteiger partial charge on any atom is -0.495 e. The van der Waals surface area contributed by atoms with Crippen LogP contribution >= 0.6 is 0 Å². The Bertz CT molecular complexity index is 1140. The van der Waals surface area contributed by atoms with Crippen LogP contribution in [0, 0.1) is 5.82 Å². The molecule has 0 fully saturated rings. The number of ether oxygens (including phenoxy) is 2. The quantitative estimate of drug-likeness (QED) is 0.350. The first-order valence-electron chi connectivity index (χ1n) is 10.4. The lowest BCUT2D eigenvalue weighted by atomic mass is 10.1. The van der Waals surface area contributed by atoms with Gasteiger partial charge < -0.3 is 14.4 Å². The minimum atomic E-state index is -4.61. The fourth-order valence-corrected chi connectivity index (χ4v) is 3.42. The Hall–Kier alpha value is -3.75. The molecule has 1 aliphatic heterocycles. The van der Waals surface area contributed by atoms with Gasteiger partial charge in [-0.05, 0) is 31.2 Å². The summed E-state index contributed by atoms with van der Waals surface area (Å²) in [6, 6.07) is 9.98. The summed E-state index contributed by atoms with van der Waals surface area (Å²) < 4.78 is 65.8. The predicted octanol–water partition coefficient (Wildman–Crippen LogP) is 5.92. The Morgan fingerprint density at radius 2 is 1.82 bits per heavy atom. The van der Waals surface area contributed by atoms with Gasteiger partial charge in [-0.25, -0.2) is 9.37 Å². The monoisotopic (exact) mass is 475 g/mol. The normalized spacial score (nSPS) is 14.2. The van der Waals surface area contributed by atoms with Crippen LogP contribution in [0.4, 0.5) is 23.4 Å². The van der Waals surface area contributed by atoms with Crippen molar-refractivity contribution in [3.63, 3.8) is 0 Å².